The highest BCUT2D eigenvalue weighted by atomic mass is 16.5. The Morgan fingerprint density at radius 3 is 2.50 bits per heavy atom. The van der Waals surface area contributed by atoms with Crippen LogP contribution in [0.1, 0.15) is 46.0 Å². The lowest BCUT2D eigenvalue weighted by atomic mass is 9.77. The molecule has 2 nitrogen and oxygen atoms in total. The Kier molecular flexibility index (Phi) is 3.13. The molecule has 0 aromatic rings. The predicted octanol–water partition coefficient (Wildman–Crippen LogP) is 2.33. The molecule has 1 saturated carbocycles. The molecule has 1 aliphatic carbocycles. The van der Waals surface area contributed by atoms with Gasteiger partial charge in [0.1, 0.15) is 0 Å². The maximum absolute atomic E-state index is 5.97. The highest BCUT2D eigenvalue weighted by molar-refractivity contribution is 4.94. The maximum atomic E-state index is 5.97. The van der Waals surface area contributed by atoms with Gasteiger partial charge in [-0.2, -0.15) is 0 Å². The minimum absolute atomic E-state index is 0.181. The van der Waals surface area contributed by atoms with Crippen molar-refractivity contribution in [1.82, 2.24) is 5.32 Å². The van der Waals surface area contributed by atoms with Crippen molar-refractivity contribution in [2.75, 3.05) is 13.2 Å². The van der Waals surface area contributed by atoms with Crippen LogP contribution >= 0.6 is 0 Å². The first-order valence-corrected chi connectivity index (χ1v) is 6.07. The third kappa shape index (κ3) is 2.12. The highest BCUT2D eigenvalue weighted by Gasteiger charge is 2.38. The summed E-state index contributed by atoms with van der Waals surface area (Å²) in [7, 11) is 0. The molecule has 0 amide bonds. The van der Waals surface area contributed by atoms with E-state index in [2.05, 4.69) is 19.2 Å². The summed E-state index contributed by atoms with van der Waals surface area (Å²) in [6.45, 7) is 6.47. The molecule has 0 unspecified atom stereocenters. The molecule has 1 N–H and O–H groups in total. The standard InChI is InChI=1S/C12H23NO/c1-12(2)11(14-9-8-13-12)10-6-4-3-5-7-10/h10-11,13H,3-9H2,1-2H3/t11-/m0/s1. The van der Waals surface area contributed by atoms with Crippen molar-refractivity contribution >= 4 is 0 Å². The lowest BCUT2D eigenvalue weighted by Crippen LogP contribution is -2.59. The largest absolute Gasteiger partial charge is 0.375 e. The molecule has 1 atom stereocenters. The van der Waals surface area contributed by atoms with Crippen molar-refractivity contribution < 1.29 is 4.74 Å². The van der Waals surface area contributed by atoms with E-state index in [1.165, 1.54) is 32.1 Å². The SMILES string of the molecule is CC1(C)NCCO[C@H]1C1CCCCC1. The summed E-state index contributed by atoms with van der Waals surface area (Å²) in [5.74, 6) is 0.798. The van der Waals surface area contributed by atoms with Gasteiger partial charge in [0.05, 0.1) is 12.7 Å². The third-order valence-electron chi connectivity index (χ3n) is 3.77. The Balaban J connectivity index is 1.99. The van der Waals surface area contributed by atoms with E-state index < -0.39 is 0 Å². The minimum Gasteiger partial charge on any atom is -0.375 e. The van der Waals surface area contributed by atoms with Gasteiger partial charge in [-0.25, -0.2) is 0 Å². The van der Waals surface area contributed by atoms with E-state index in [4.69, 9.17) is 4.74 Å². The zero-order valence-electron chi connectivity index (χ0n) is 9.51. The van der Waals surface area contributed by atoms with Gasteiger partial charge in [-0.1, -0.05) is 19.3 Å². The van der Waals surface area contributed by atoms with Crippen molar-refractivity contribution in [1.29, 1.82) is 0 Å². The smallest absolute Gasteiger partial charge is 0.0779 e. The van der Waals surface area contributed by atoms with Crippen LogP contribution in [0.25, 0.3) is 0 Å². The van der Waals surface area contributed by atoms with Crippen molar-refractivity contribution in [3.63, 3.8) is 0 Å². The van der Waals surface area contributed by atoms with E-state index in [1.54, 1.807) is 0 Å². The van der Waals surface area contributed by atoms with Gasteiger partial charge in [0.15, 0.2) is 0 Å². The first kappa shape index (κ1) is 10.4. The van der Waals surface area contributed by atoms with Crippen molar-refractivity contribution in [2.24, 2.45) is 5.92 Å². The van der Waals surface area contributed by atoms with Crippen LogP contribution in [0.4, 0.5) is 0 Å². The van der Waals surface area contributed by atoms with Crippen LogP contribution in [-0.4, -0.2) is 24.8 Å². The normalized spacial score (nSPS) is 34.3. The molecule has 1 heterocycles. The number of nitrogens with one attached hydrogen (secondary N) is 1. The first-order valence-electron chi connectivity index (χ1n) is 6.07. The minimum atomic E-state index is 0.181. The molecule has 1 saturated heterocycles. The Morgan fingerprint density at radius 2 is 1.86 bits per heavy atom. The number of hydrogen-bond acceptors (Lipinski definition) is 2. The molecule has 2 heteroatoms. The molecule has 2 rings (SSSR count). The predicted molar refractivity (Wildman–Crippen MR) is 58.4 cm³/mol. The second-order valence-electron chi connectivity index (χ2n) is 5.34. The van der Waals surface area contributed by atoms with Crippen LogP contribution in [0.15, 0.2) is 0 Å². The lowest BCUT2D eigenvalue weighted by Gasteiger charge is -2.44. The number of morpholine rings is 1. The zero-order valence-corrected chi connectivity index (χ0v) is 9.51. The van der Waals surface area contributed by atoms with E-state index in [1.807, 2.05) is 0 Å². The Morgan fingerprint density at radius 1 is 1.14 bits per heavy atom. The van der Waals surface area contributed by atoms with Crippen LogP contribution in [0, 0.1) is 5.92 Å². The summed E-state index contributed by atoms with van der Waals surface area (Å²) in [6, 6.07) is 0. The number of ether oxygens (including phenoxy) is 1. The molecular weight excluding hydrogens is 174 g/mol. The number of hydrogen-bond donors (Lipinski definition) is 1. The highest BCUT2D eigenvalue weighted by Crippen LogP contribution is 2.33. The molecule has 2 aliphatic rings. The Bertz CT molecular complexity index is 185. The van der Waals surface area contributed by atoms with E-state index in [-0.39, 0.29) is 5.54 Å². The third-order valence-corrected chi connectivity index (χ3v) is 3.77. The van der Waals surface area contributed by atoms with Crippen molar-refractivity contribution in [3.8, 4) is 0 Å². The zero-order chi connectivity index (χ0) is 10.0. The van der Waals surface area contributed by atoms with Gasteiger partial charge < -0.3 is 10.1 Å². The fourth-order valence-electron chi connectivity index (χ4n) is 3.03. The van der Waals surface area contributed by atoms with Gasteiger partial charge in [-0.3, -0.25) is 0 Å². The molecule has 14 heavy (non-hydrogen) atoms. The Hall–Kier alpha value is -0.0800. The molecule has 2 fully saturated rings. The van der Waals surface area contributed by atoms with Crippen LogP contribution in [0.5, 0.6) is 0 Å². The quantitative estimate of drug-likeness (QED) is 0.696. The lowest BCUT2D eigenvalue weighted by molar-refractivity contribution is -0.0774. The average molecular weight is 197 g/mol. The maximum Gasteiger partial charge on any atom is 0.0779 e. The van der Waals surface area contributed by atoms with E-state index in [0.29, 0.717) is 6.10 Å². The summed E-state index contributed by atoms with van der Waals surface area (Å²) in [5, 5.41) is 3.58. The monoisotopic (exact) mass is 197 g/mol. The topological polar surface area (TPSA) is 21.3 Å². The van der Waals surface area contributed by atoms with Crippen LogP contribution < -0.4 is 5.32 Å². The van der Waals surface area contributed by atoms with E-state index >= 15 is 0 Å². The van der Waals surface area contributed by atoms with Crippen molar-refractivity contribution in [2.45, 2.75) is 57.6 Å². The number of rotatable bonds is 1. The average Bonchev–Trinajstić information content (AvgIpc) is 2.18. The van der Waals surface area contributed by atoms with Gasteiger partial charge in [-0.05, 0) is 32.6 Å². The summed E-state index contributed by atoms with van der Waals surface area (Å²) in [4.78, 5) is 0. The van der Waals surface area contributed by atoms with E-state index in [9.17, 15) is 0 Å². The van der Waals surface area contributed by atoms with E-state index in [0.717, 1.165) is 19.1 Å². The molecule has 0 bridgehead atoms. The Labute approximate surface area is 87.4 Å². The summed E-state index contributed by atoms with van der Waals surface area (Å²) in [5.41, 5.74) is 0.181. The van der Waals surface area contributed by atoms with Crippen LogP contribution in [-0.2, 0) is 4.74 Å². The van der Waals surface area contributed by atoms with Crippen LogP contribution in [0.2, 0.25) is 0 Å². The van der Waals surface area contributed by atoms with Gasteiger partial charge in [0, 0.05) is 12.1 Å². The fourth-order valence-corrected chi connectivity index (χ4v) is 3.03. The fraction of sp³-hybridized carbons (Fsp3) is 1.00. The summed E-state index contributed by atoms with van der Waals surface area (Å²) >= 11 is 0. The first-order chi connectivity index (χ1) is 6.70. The summed E-state index contributed by atoms with van der Waals surface area (Å²) in [6.07, 6.45) is 7.42. The molecule has 1 aliphatic heterocycles. The van der Waals surface area contributed by atoms with Gasteiger partial charge in [-0.15, -0.1) is 0 Å². The second-order valence-corrected chi connectivity index (χ2v) is 5.34. The summed E-state index contributed by atoms with van der Waals surface area (Å²) < 4.78 is 5.97. The van der Waals surface area contributed by atoms with Gasteiger partial charge in [0.2, 0.25) is 0 Å². The molecule has 0 spiro atoms. The van der Waals surface area contributed by atoms with Gasteiger partial charge >= 0.3 is 0 Å². The molecule has 82 valence electrons. The van der Waals surface area contributed by atoms with Crippen LogP contribution in [0.3, 0.4) is 0 Å². The van der Waals surface area contributed by atoms with Crippen molar-refractivity contribution in [3.05, 3.63) is 0 Å². The molecule has 0 aromatic heterocycles. The molecule has 0 aromatic carbocycles. The second kappa shape index (κ2) is 4.19. The van der Waals surface area contributed by atoms with Gasteiger partial charge in [0.25, 0.3) is 0 Å². The molecular formula is C12H23NO. The molecule has 0 radical (unpaired) electrons.